The Kier molecular flexibility index (Phi) is 3.63. The maximum Gasteiger partial charge on any atom is 0.450 e. The van der Waals surface area contributed by atoms with Crippen LogP contribution in [0.5, 0.6) is 0 Å². The van der Waals surface area contributed by atoms with Crippen molar-refractivity contribution in [3.63, 3.8) is 0 Å². The summed E-state index contributed by atoms with van der Waals surface area (Å²) in [5.74, 6) is -1.28. The van der Waals surface area contributed by atoms with E-state index in [9.17, 15) is 18.0 Å². The summed E-state index contributed by atoms with van der Waals surface area (Å²) in [5.41, 5.74) is 5.08. The molecule has 3 rings (SSSR count). The summed E-state index contributed by atoms with van der Waals surface area (Å²) >= 11 is 3.18. The van der Waals surface area contributed by atoms with Crippen molar-refractivity contribution in [2.75, 3.05) is 5.73 Å². The van der Waals surface area contributed by atoms with Crippen LogP contribution in [0.25, 0.3) is 16.6 Å². The van der Waals surface area contributed by atoms with Crippen molar-refractivity contribution in [3.05, 3.63) is 63.1 Å². The zero-order valence-corrected chi connectivity index (χ0v) is 13.0. The molecule has 0 radical (unpaired) electrons. The SMILES string of the molecule is Nc1ccc2nc(C(F)(F)F)n(-c3cccc(Br)c3)c(=O)c2c1. The number of hydrogen-bond donors (Lipinski definition) is 1. The average molecular weight is 384 g/mol. The Balaban J connectivity index is 2.47. The third kappa shape index (κ3) is 2.81. The highest BCUT2D eigenvalue weighted by Gasteiger charge is 2.37. The fourth-order valence-corrected chi connectivity index (χ4v) is 2.64. The van der Waals surface area contributed by atoms with Gasteiger partial charge in [0.25, 0.3) is 5.56 Å². The van der Waals surface area contributed by atoms with Gasteiger partial charge in [0, 0.05) is 10.2 Å². The Morgan fingerprint density at radius 2 is 1.87 bits per heavy atom. The van der Waals surface area contributed by atoms with Crippen LogP contribution < -0.4 is 11.3 Å². The van der Waals surface area contributed by atoms with E-state index in [1.54, 1.807) is 6.07 Å². The first-order valence-electron chi connectivity index (χ1n) is 6.43. The molecule has 0 amide bonds. The first kappa shape index (κ1) is 15.5. The molecule has 118 valence electrons. The van der Waals surface area contributed by atoms with Crippen LogP contribution in [0.2, 0.25) is 0 Å². The lowest BCUT2D eigenvalue weighted by Gasteiger charge is -2.15. The molecule has 0 unspecified atom stereocenters. The van der Waals surface area contributed by atoms with Crippen LogP contribution in [-0.2, 0) is 6.18 Å². The molecule has 1 heterocycles. The van der Waals surface area contributed by atoms with Gasteiger partial charge in [-0.05, 0) is 36.4 Å². The van der Waals surface area contributed by atoms with E-state index >= 15 is 0 Å². The minimum Gasteiger partial charge on any atom is -0.399 e. The molecular formula is C15H9BrF3N3O. The monoisotopic (exact) mass is 383 g/mol. The van der Waals surface area contributed by atoms with Crippen LogP contribution >= 0.6 is 15.9 Å². The molecule has 0 saturated heterocycles. The lowest BCUT2D eigenvalue weighted by atomic mass is 10.2. The van der Waals surface area contributed by atoms with Crippen LogP contribution in [-0.4, -0.2) is 9.55 Å². The van der Waals surface area contributed by atoms with Crippen molar-refractivity contribution in [3.8, 4) is 5.69 Å². The van der Waals surface area contributed by atoms with Crippen LogP contribution in [0.1, 0.15) is 5.82 Å². The number of anilines is 1. The number of benzene rings is 2. The Labute approximate surface area is 136 Å². The van der Waals surface area contributed by atoms with Crippen molar-refractivity contribution < 1.29 is 13.2 Å². The van der Waals surface area contributed by atoms with Gasteiger partial charge >= 0.3 is 6.18 Å². The van der Waals surface area contributed by atoms with Gasteiger partial charge in [-0.3, -0.25) is 9.36 Å². The number of fused-ring (bicyclic) bond motifs is 1. The standard InChI is InChI=1S/C15H9BrF3N3O/c16-8-2-1-3-10(6-8)22-13(23)11-7-9(20)4-5-12(11)21-14(22)15(17,18)19/h1-7H,20H2. The second kappa shape index (κ2) is 5.38. The highest BCUT2D eigenvalue weighted by atomic mass is 79.9. The van der Waals surface area contributed by atoms with Crippen LogP contribution in [0.15, 0.2) is 51.7 Å². The molecule has 2 N–H and O–H groups in total. The van der Waals surface area contributed by atoms with Gasteiger partial charge in [0.15, 0.2) is 0 Å². The average Bonchev–Trinajstić information content (AvgIpc) is 2.46. The smallest absolute Gasteiger partial charge is 0.399 e. The molecule has 0 aliphatic heterocycles. The van der Waals surface area contributed by atoms with Crippen molar-refractivity contribution >= 4 is 32.5 Å². The summed E-state index contributed by atoms with van der Waals surface area (Å²) in [5, 5.41) is 0.0259. The van der Waals surface area contributed by atoms with E-state index in [4.69, 9.17) is 5.73 Å². The first-order valence-corrected chi connectivity index (χ1v) is 7.22. The lowest BCUT2D eigenvalue weighted by Crippen LogP contribution is -2.28. The quantitative estimate of drug-likeness (QED) is 0.651. The highest BCUT2D eigenvalue weighted by molar-refractivity contribution is 9.10. The Bertz CT molecular complexity index is 966. The number of aromatic nitrogens is 2. The summed E-state index contributed by atoms with van der Waals surface area (Å²) in [6.45, 7) is 0. The topological polar surface area (TPSA) is 60.9 Å². The molecule has 4 nitrogen and oxygen atoms in total. The largest absolute Gasteiger partial charge is 0.450 e. The molecule has 8 heteroatoms. The van der Waals surface area contributed by atoms with Crippen molar-refractivity contribution in [2.24, 2.45) is 0 Å². The van der Waals surface area contributed by atoms with Gasteiger partial charge in [0.1, 0.15) is 0 Å². The maximum absolute atomic E-state index is 13.4. The lowest BCUT2D eigenvalue weighted by molar-refractivity contribution is -0.146. The number of rotatable bonds is 1. The molecule has 1 aromatic heterocycles. The Morgan fingerprint density at radius 1 is 1.13 bits per heavy atom. The van der Waals surface area contributed by atoms with Gasteiger partial charge < -0.3 is 5.73 Å². The molecule has 0 aliphatic rings. The molecular weight excluding hydrogens is 375 g/mol. The van der Waals surface area contributed by atoms with Crippen LogP contribution in [0, 0.1) is 0 Å². The molecule has 3 aromatic rings. The van der Waals surface area contributed by atoms with Crippen molar-refractivity contribution in [2.45, 2.75) is 6.18 Å². The number of halogens is 4. The zero-order valence-electron chi connectivity index (χ0n) is 11.4. The second-order valence-electron chi connectivity index (χ2n) is 4.83. The van der Waals surface area contributed by atoms with Crippen molar-refractivity contribution in [1.82, 2.24) is 9.55 Å². The molecule has 2 aromatic carbocycles. The van der Waals surface area contributed by atoms with E-state index in [0.29, 0.717) is 9.04 Å². The van der Waals surface area contributed by atoms with E-state index in [1.165, 1.54) is 36.4 Å². The molecule has 0 fully saturated rings. The predicted octanol–water partition coefficient (Wildman–Crippen LogP) is 3.75. The third-order valence-corrected chi connectivity index (χ3v) is 3.71. The normalized spacial score (nSPS) is 11.8. The molecule has 0 bridgehead atoms. The van der Waals surface area contributed by atoms with Crippen LogP contribution in [0.4, 0.5) is 18.9 Å². The zero-order chi connectivity index (χ0) is 16.8. The van der Waals surface area contributed by atoms with E-state index in [1.807, 2.05) is 0 Å². The number of hydrogen-bond acceptors (Lipinski definition) is 3. The summed E-state index contributed by atoms with van der Waals surface area (Å²) < 4.78 is 41.2. The maximum atomic E-state index is 13.4. The minimum atomic E-state index is -4.78. The summed E-state index contributed by atoms with van der Waals surface area (Å²) in [4.78, 5) is 16.2. The van der Waals surface area contributed by atoms with Gasteiger partial charge in [-0.25, -0.2) is 4.98 Å². The molecule has 23 heavy (non-hydrogen) atoms. The van der Waals surface area contributed by atoms with E-state index in [0.717, 1.165) is 0 Å². The first-order chi connectivity index (χ1) is 10.8. The van der Waals surface area contributed by atoms with Gasteiger partial charge in [-0.15, -0.1) is 0 Å². The molecule has 0 atom stereocenters. The Morgan fingerprint density at radius 3 is 2.52 bits per heavy atom. The number of nitrogens with zero attached hydrogens (tertiary/aromatic N) is 2. The number of nitrogen functional groups attached to an aromatic ring is 1. The molecule has 0 saturated carbocycles. The summed E-state index contributed by atoms with van der Waals surface area (Å²) in [7, 11) is 0. The van der Waals surface area contributed by atoms with E-state index < -0.39 is 17.6 Å². The van der Waals surface area contributed by atoms with Gasteiger partial charge in [-0.2, -0.15) is 13.2 Å². The highest BCUT2D eigenvalue weighted by Crippen LogP contribution is 2.30. The van der Waals surface area contributed by atoms with Gasteiger partial charge in [0.2, 0.25) is 5.82 Å². The fourth-order valence-electron chi connectivity index (χ4n) is 2.25. The molecule has 0 aliphatic carbocycles. The Hall–Kier alpha value is -2.35. The molecule has 0 spiro atoms. The third-order valence-electron chi connectivity index (χ3n) is 3.21. The fraction of sp³-hybridized carbons (Fsp3) is 0.0667. The van der Waals surface area contributed by atoms with Gasteiger partial charge in [-0.1, -0.05) is 22.0 Å². The summed E-state index contributed by atoms with van der Waals surface area (Å²) in [6.07, 6.45) is -4.78. The van der Waals surface area contributed by atoms with Gasteiger partial charge in [0.05, 0.1) is 16.6 Å². The second-order valence-corrected chi connectivity index (χ2v) is 5.75. The van der Waals surface area contributed by atoms with Crippen LogP contribution in [0.3, 0.4) is 0 Å². The van der Waals surface area contributed by atoms with E-state index in [-0.39, 0.29) is 22.3 Å². The van der Waals surface area contributed by atoms with E-state index in [2.05, 4.69) is 20.9 Å². The van der Waals surface area contributed by atoms with Crippen molar-refractivity contribution in [1.29, 1.82) is 0 Å². The predicted molar refractivity (Wildman–Crippen MR) is 84.5 cm³/mol. The summed E-state index contributed by atoms with van der Waals surface area (Å²) in [6, 6.07) is 10.0. The number of alkyl halides is 3. The number of nitrogens with two attached hydrogens (primary N) is 1. The minimum absolute atomic E-state index is 0.0259.